The van der Waals surface area contributed by atoms with Crippen molar-refractivity contribution in [2.24, 2.45) is 11.5 Å². The number of nitrogens with two attached hydrogens (primary N) is 2. The molecule has 0 bridgehead atoms. The van der Waals surface area contributed by atoms with Crippen LogP contribution in [0, 0.1) is 0 Å². The number of nitrogens with one attached hydrogen (secondary N) is 1. The van der Waals surface area contributed by atoms with Crippen LogP contribution in [0.25, 0.3) is 0 Å². The van der Waals surface area contributed by atoms with Gasteiger partial charge in [0.05, 0.1) is 25.3 Å². The van der Waals surface area contributed by atoms with Crippen LogP contribution in [0.1, 0.15) is 0 Å². The van der Waals surface area contributed by atoms with Crippen LogP contribution in [0.2, 0.25) is 0 Å². The molecule has 0 aliphatic carbocycles. The third-order valence-electron chi connectivity index (χ3n) is 1.45. The van der Waals surface area contributed by atoms with Gasteiger partial charge >= 0.3 is 6.03 Å². The van der Waals surface area contributed by atoms with E-state index in [0.717, 1.165) is 0 Å². The molecule has 5 nitrogen and oxygen atoms in total. The van der Waals surface area contributed by atoms with E-state index < -0.39 is 6.03 Å². The quantitative estimate of drug-likeness (QED) is 0.414. The predicted molar refractivity (Wildman–Crippen MR) is 35.3 cm³/mol. The highest BCUT2D eigenvalue weighted by Gasteiger charge is 2.25. The number of rotatable bonds is 1. The van der Waals surface area contributed by atoms with Gasteiger partial charge in [0, 0.05) is 0 Å². The van der Waals surface area contributed by atoms with E-state index in [1.165, 1.54) is 0 Å². The topological polar surface area (TPSA) is 90.4 Å². The van der Waals surface area contributed by atoms with Crippen molar-refractivity contribution in [3.8, 4) is 0 Å². The monoisotopic (exact) mass is 145 g/mol. The molecule has 58 valence electrons. The summed E-state index contributed by atoms with van der Waals surface area (Å²) in [5, 5.41) is 2.48. The number of hydrogen-bond donors (Lipinski definition) is 3. The van der Waals surface area contributed by atoms with E-state index in [2.05, 4.69) is 5.32 Å². The van der Waals surface area contributed by atoms with Gasteiger partial charge in [-0.25, -0.2) is 4.79 Å². The summed E-state index contributed by atoms with van der Waals surface area (Å²) in [6.45, 7) is 0.953. The van der Waals surface area contributed by atoms with Gasteiger partial charge in [0.15, 0.2) is 0 Å². The summed E-state index contributed by atoms with van der Waals surface area (Å²) in [5.74, 6) is 0. The Balaban J connectivity index is 2.33. The second kappa shape index (κ2) is 2.85. The molecule has 10 heavy (non-hydrogen) atoms. The second-order valence-electron chi connectivity index (χ2n) is 2.32. The van der Waals surface area contributed by atoms with Gasteiger partial charge in [-0.1, -0.05) is 0 Å². The summed E-state index contributed by atoms with van der Waals surface area (Å²) in [5.41, 5.74) is 10.4. The Kier molecular flexibility index (Phi) is 2.08. The van der Waals surface area contributed by atoms with Crippen molar-refractivity contribution in [1.82, 2.24) is 5.32 Å². The van der Waals surface area contributed by atoms with Crippen molar-refractivity contribution in [2.75, 3.05) is 13.2 Å². The molecule has 5 heteroatoms. The molecule has 1 aliphatic rings. The molecular weight excluding hydrogens is 134 g/mol. The first-order chi connectivity index (χ1) is 4.70. The van der Waals surface area contributed by atoms with Crippen molar-refractivity contribution >= 4 is 6.03 Å². The van der Waals surface area contributed by atoms with Gasteiger partial charge in [0.25, 0.3) is 0 Å². The number of carbonyl (C=O) groups excluding carboxylic acids is 1. The predicted octanol–water partition coefficient (Wildman–Crippen LogP) is -1.62. The average Bonchev–Trinajstić information content (AvgIpc) is 2.15. The lowest BCUT2D eigenvalue weighted by Gasteiger charge is -2.12. The standard InChI is InChI=1S/C5H11N3O2/c6-3-1-10-2-4(3)8-5(7)9/h3-4H,1-2,6H2,(H3,7,8,9). The third-order valence-corrected chi connectivity index (χ3v) is 1.45. The van der Waals surface area contributed by atoms with Crippen molar-refractivity contribution in [2.45, 2.75) is 12.1 Å². The summed E-state index contributed by atoms with van der Waals surface area (Å²) in [6, 6.07) is -0.782. The summed E-state index contributed by atoms with van der Waals surface area (Å²) in [7, 11) is 0. The normalized spacial score (nSPS) is 32.1. The van der Waals surface area contributed by atoms with Crippen LogP contribution in [0.3, 0.4) is 0 Å². The SMILES string of the molecule is NC(=O)NC1COCC1N. The summed E-state index contributed by atoms with van der Waals surface area (Å²) in [6.07, 6.45) is 0. The van der Waals surface area contributed by atoms with Crippen molar-refractivity contribution in [3.05, 3.63) is 0 Å². The molecular formula is C5H11N3O2. The molecule has 1 aliphatic heterocycles. The zero-order valence-electron chi connectivity index (χ0n) is 5.54. The second-order valence-corrected chi connectivity index (χ2v) is 2.32. The highest BCUT2D eigenvalue weighted by Crippen LogP contribution is 2.01. The Morgan fingerprint density at radius 2 is 2.30 bits per heavy atom. The lowest BCUT2D eigenvalue weighted by atomic mass is 10.2. The Morgan fingerprint density at radius 1 is 1.60 bits per heavy atom. The van der Waals surface area contributed by atoms with Crippen LogP contribution in [0.15, 0.2) is 0 Å². The van der Waals surface area contributed by atoms with Gasteiger partial charge in [-0.3, -0.25) is 0 Å². The van der Waals surface area contributed by atoms with Gasteiger partial charge in [-0.2, -0.15) is 0 Å². The van der Waals surface area contributed by atoms with Crippen LogP contribution in [0.4, 0.5) is 4.79 Å². The van der Waals surface area contributed by atoms with E-state index in [9.17, 15) is 4.79 Å². The molecule has 1 rings (SSSR count). The summed E-state index contributed by atoms with van der Waals surface area (Å²) in [4.78, 5) is 10.3. The van der Waals surface area contributed by atoms with E-state index in [1.807, 2.05) is 0 Å². The molecule has 1 heterocycles. The zero-order valence-corrected chi connectivity index (χ0v) is 5.54. The molecule has 2 atom stereocenters. The van der Waals surface area contributed by atoms with Gasteiger partial charge < -0.3 is 21.5 Å². The minimum atomic E-state index is -0.550. The number of primary amides is 1. The van der Waals surface area contributed by atoms with Crippen molar-refractivity contribution in [3.63, 3.8) is 0 Å². The molecule has 0 aromatic heterocycles. The molecule has 2 unspecified atom stereocenters. The Bertz CT molecular complexity index is 139. The Hall–Kier alpha value is -0.810. The van der Waals surface area contributed by atoms with Crippen LogP contribution in [-0.2, 0) is 4.74 Å². The molecule has 2 amide bonds. The minimum absolute atomic E-state index is 0.113. The fraction of sp³-hybridized carbons (Fsp3) is 0.800. The van der Waals surface area contributed by atoms with Crippen LogP contribution in [0.5, 0.6) is 0 Å². The smallest absolute Gasteiger partial charge is 0.312 e. The number of urea groups is 1. The molecule has 1 fully saturated rings. The number of carbonyl (C=O) groups is 1. The van der Waals surface area contributed by atoms with E-state index in [-0.39, 0.29) is 12.1 Å². The largest absolute Gasteiger partial charge is 0.378 e. The highest BCUT2D eigenvalue weighted by molar-refractivity contribution is 5.72. The average molecular weight is 145 g/mol. The maximum atomic E-state index is 10.3. The van der Waals surface area contributed by atoms with Gasteiger partial charge in [-0.05, 0) is 0 Å². The molecule has 0 radical (unpaired) electrons. The summed E-state index contributed by atoms with van der Waals surface area (Å²) >= 11 is 0. The van der Waals surface area contributed by atoms with Crippen LogP contribution < -0.4 is 16.8 Å². The molecule has 1 saturated heterocycles. The third kappa shape index (κ3) is 1.58. The lowest BCUT2D eigenvalue weighted by Crippen LogP contribution is -2.48. The first kappa shape index (κ1) is 7.30. The molecule has 0 saturated carbocycles. The maximum Gasteiger partial charge on any atom is 0.312 e. The Morgan fingerprint density at radius 3 is 2.70 bits per heavy atom. The van der Waals surface area contributed by atoms with Crippen LogP contribution in [-0.4, -0.2) is 31.3 Å². The van der Waals surface area contributed by atoms with Gasteiger partial charge in [0.2, 0.25) is 0 Å². The molecule has 0 aromatic rings. The number of ether oxygens (including phenoxy) is 1. The van der Waals surface area contributed by atoms with Crippen molar-refractivity contribution in [1.29, 1.82) is 0 Å². The minimum Gasteiger partial charge on any atom is -0.378 e. The molecule has 0 spiro atoms. The van der Waals surface area contributed by atoms with Gasteiger partial charge in [-0.15, -0.1) is 0 Å². The highest BCUT2D eigenvalue weighted by atomic mass is 16.5. The molecule has 0 aromatic carbocycles. The van der Waals surface area contributed by atoms with Crippen molar-refractivity contribution < 1.29 is 9.53 Å². The molecule has 5 N–H and O–H groups in total. The Labute approximate surface area is 58.7 Å². The van der Waals surface area contributed by atoms with E-state index in [4.69, 9.17) is 16.2 Å². The first-order valence-corrected chi connectivity index (χ1v) is 3.09. The summed E-state index contributed by atoms with van der Waals surface area (Å²) < 4.78 is 4.97. The van der Waals surface area contributed by atoms with Crippen LogP contribution >= 0.6 is 0 Å². The van der Waals surface area contributed by atoms with Gasteiger partial charge in [0.1, 0.15) is 0 Å². The zero-order chi connectivity index (χ0) is 7.56. The lowest BCUT2D eigenvalue weighted by molar-refractivity contribution is 0.187. The number of hydrogen-bond acceptors (Lipinski definition) is 3. The fourth-order valence-corrected chi connectivity index (χ4v) is 0.902. The fourth-order valence-electron chi connectivity index (χ4n) is 0.902. The first-order valence-electron chi connectivity index (χ1n) is 3.09. The maximum absolute atomic E-state index is 10.3. The number of amides is 2. The van der Waals surface area contributed by atoms with E-state index in [0.29, 0.717) is 13.2 Å². The van der Waals surface area contributed by atoms with E-state index in [1.54, 1.807) is 0 Å². The van der Waals surface area contributed by atoms with E-state index >= 15 is 0 Å².